The van der Waals surface area contributed by atoms with Gasteiger partial charge in [0.15, 0.2) is 18.0 Å². The fraction of sp³-hybridized carbons (Fsp3) is 0.458. The lowest BCUT2D eigenvalue weighted by Gasteiger charge is -2.33. The normalized spacial score (nSPS) is 21.8. The van der Waals surface area contributed by atoms with E-state index in [9.17, 15) is 13.2 Å². The van der Waals surface area contributed by atoms with Gasteiger partial charge in [0.25, 0.3) is 5.91 Å². The predicted octanol–water partition coefficient (Wildman–Crippen LogP) is 0.711. The van der Waals surface area contributed by atoms with Crippen molar-refractivity contribution in [3.63, 3.8) is 0 Å². The van der Waals surface area contributed by atoms with Gasteiger partial charge in [-0.3, -0.25) is 4.79 Å². The summed E-state index contributed by atoms with van der Waals surface area (Å²) in [6.07, 6.45) is 1.91. The second-order valence-corrected chi connectivity index (χ2v) is 10.7. The van der Waals surface area contributed by atoms with Crippen LogP contribution in [0.5, 0.6) is 11.5 Å². The van der Waals surface area contributed by atoms with Crippen LogP contribution in [0.25, 0.3) is 0 Å². The highest BCUT2D eigenvalue weighted by Gasteiger charge is 2.35. The fourth-order valence-corrected chi connectivity index (χ4v) is 6.42. The lowest BCUT2D eigenvalue weighted by Crippen LogP contribution is -3.15. The van der Waals surface area contributed by atoms with E-state index in [1.54, 1.807) is 24.3 Å². The summed E-state index contributed by atoms with van der Waals surface area (Å²) in [7, 11) is -3.48. The number of benzene rings is 2. The van der Waals surface area contributed by atoms with Crippen molar-refractivity contribution in [2.24, 2.45) is 0 Å². The molecule has 1 unspecified atom stereocenters. The molecule has 0 radical (unpaired) electrons. The average Bonchev–Trinajstić information content (AvgIpc) is 3.35. The van der Waals surface area contributed by atoms with Crippen LogP contribution in [0.1, 0.15) is 24.4 Å². The Kier molecular flexibility index (Phi) is 6.27. The van der Waals surface area contributed by atoms with Crippen LogP contribution in [0.4, 0.5) is 0 Å². The number of nitrogens with zero attached hydrogens (tertiary/aromatic N) is 2. The van der Waals surface area contributed by atoms with Crippen molar-refractivity contribution in [2.75, 3.05) is 52.5 Å². The number of ether oxygens (including phenoxy) is 2. The third kappa shape index (κ3) is 4.58. The Hall–Kier alpha value is -2.62. The minimum atomic E-state index is -3.48. The molecule has 0 saturated carbocycles. The van der Waals surface area contributed by atoms with E-state index in [0.717, 1.165) is 41.3 Å². The van der Waals surface area contributed by atoms with E-state index in [1.165, 1.54) is 4.31 Å². The van der Waals surface area contributed by atoms with Gasteiger partial charge in [-0.15, -0.1) is 0 Å². The zero-order valence-electron chi connectivity index (χ0n) is 18.6. The molecule has 1 amide bonds. The maximum Gasteiger partial charge on any atom is 0.278 e. The molecular weight excluding hydrogens is 442 g/mol. The Bertz CT molecular complexity index is 1100. The highest BCUT2D eigenvalue weighted by atomic mass is 32.2. The highest BCUT2D eigenvalue weighted by Crippen LogP contribution is 2.38. The van der Waals surface area contributed by atoms with Crippen LogP contribution in [0.15, 0.2) is 53.4 Å². The number of piperazine rings is 1. The number of quaternary nitrogens is 1. The first-order valence-electron chi connectivity index (χ1n) is 11.6. The Labute approximate surface area is 194 Å². The van der Waals surface area contributed by atoms with Crippen molar-refractivity contribution in [1.29, 1.82) is 0 Å². The Morgan fingerprint density at radius 3 is 2.45 bits per heavy atom. The van der Waals surface area contributed by atoms with E-state index >= 15 is 0 Å². The zero-order valence-corrected chi connectivity index (χ0v) is 19.4. The lowest BCUT2D eigenvalue weighted by molar-refractivity contribution is -0.896. The number of hydrogen-bond donors (Lipinski definition) is 1. The van der Waals surface area contributed by atoms with Gasteiger partial charge < -0.3 is 19.3 Å². The van der Waals surface area contributed by atoms with Crippen LogP contribution in [0, 0.1) is 0 Å². The molecule has 8 nitrogen and oxygen atoms in total. The summed E-state index contributed by atoms with van der Waals surface area (Å²) in [5.41, 5.74) is 1.08. The van der Waals surface area contributed by atoms with E-state index in [0.29, 0.717) is 50.8 Å². The number of fused-ring (bicyclic) bond motifs is 1. The number of nitrogens with one attached hydrogen (secondary N) is 1. The molecule has 1 atom stereocenters. The van der Waals surface area contributed by atoms with Gasteiger partial charge in [-0.1, -0.05) is 24.3 Å². The van der Waals surface area contributed by atoms with Gasteiger partial charge in [0.1, 0.15) is 13.2 Å². The van der Waals surface area contributed by atoms with Crippen LogP contribution in [0.3, 0.4) is 0 Å². The molecular formula is C24H30N3O5S+. The van der Waals surface area contributed by atoms with Crippen LogP contribution in [0.2, 0.25) is 0 Å². The van der Waals surface area contributed by atoms with Gasteiger partial charge in [0, 0.05) is 6.54 Å². The molecule has 2 fully saturated rings. The summed E-state index contributed by atoms with van der Waals surface area (Å²) in [5, 5.41) is 0. The number of carbonyl (C=O) groups is 1. The monoisotopic (exact) mass is 472 g/mol. The van der Waals surface area contributed by atoms with E-state index in [1.807, 2.05) is 29.2 Å². The maximum absolute atomic E-state index is 13.2. The number of amides is 1. The largest absolute Gasteiger partial charge is 0.486 e. The van der Waals surface area contributed by atoms with Crippen molar-refractivity contribution in [3.05, 3.63) is 54.1 Å². The zero-order chi connectivity index (χ0) is 22.8. The number of rotatable bonds is 5. The van der Waals surface area contributed by atoms with Crippen LogP contribution < -0.4 is 14.4 Å². The smallest absolute Gasteiger partial charge is 0.278 e. The van der Waals surface area contributed by atoms with Crippen molar-refractivity contribution >= 4 is 15.9 Å². The Morgan fingerprint density at radius 2 is 1.70 bits per heavy atom. The molecule has 2 saturated heterocycles. The van der Waals surface area contributed by atoms with Gasteiger partial charge in [0.2, 0.25) is 10.0 Å². The van der Waals surface area contributed by atoms with Gasteiger partial charge >= 0.3 is 0 Å². The molecule has 0 bridgehead atoms. The molecule has 2 aromatic rings. The molecule has 1 N–H and O–H groups in total. The van der Waals surface area contributed by atoms with Crippen molar-refractivity contribution < 1.29 is 27.6 Å². The van der Waals surface area contributed by atoms with Crippen molar-refractivity contribution in [2.45, 2.75) is 23.8 Å². The first kappa shape index (κ1) is 22.2. The van der Waals surface area contributed by atoms with Gasteiger partial charge in [0.05, 0.1) is 37.1 Å². The molecule has 3 aliphatic rings. The predicted molar refractivity (Wildman–Crippen MR) is 122 cm³/mol. The van der Waals surface area contributed by atoms with Gasteiger partial charge in [-0.25, -0.2) is 8.42 Å². The molecule has 33 heavy (non-hydrogen) atoms. The second-order valence-electron chi connectivity index (χ2n) is 8.79. The highest BCUT2D eigenvalue weighted by molar-refractivity contribution is 7.89. The third-order valence-corrected chi connectivity index (χ3v) is 8.65. The topological polar surface area (TPSA) is 80.6 Å². The SMILES string of the molecule is O=C(C[NH+]1CCN(S(=O)(=O)c2ccccc2)CC1)N1CCCC1c1ccc2c(c1)OCCO2. The van der Waals surface area contributed by atoms with E-state index in [4.69, 9.17) is 9.47 Å². The summed E-state index contributed by atoms with van der Waals surface area (Å²) in [6, 6.07) is 14.6. The van der Waals surface area contributed by atoms with Crippen LogP contribution in [-0.4, -0.2) is 76.0 Å². The van der Waals surface area contributed by atoms with Crippen LogP contribution in [-0.2, 0) is 14.8 Å². The van der Waals surface area contributed by atoms with E-state index < -0.39 is 10.0 Å². The standard InChI is InChI=1S/C24H29N3O5S/c28-24(18-25-11-13-26(14-12-25)33(29,30)20-5-2-1-3-6-20)27-10-4-7-21(27)19-8-9-22-23(17-19)32-16-15-31-22/h1-3,5-6,8-9,17,21H,4,7,10-16,18H2/p+1. The first-order chi connectivity index (χ1) is 16.0. The summed E-state index contributed by atoms with van der Waals surface area (Å²) >= 11 is 0. The van der Waals surface area contributed by atoms with Crippen molar-refractivity contribution in [3.8, 4) is 11.5 Å². The van der Waals surface area contributed by atoms with Gasteiger partial charge in [-0.2, -0.15) is 4.31 Å². The summed E-state index contributed by atoms with van der Waals surface area (Å²) in [4.78, 5) is 16.6. The summed E-state index contributed by atoms with van der Waals surface area (Å²) in [6.45, 7) is 4.33. The quantitative estimate of drug-likeness (QED) is 0.694. The fourth-order valence-electron chi connectivity index (χ4n) is 4.96. The third-order valence-electron chi connectivity index (χ3n) is 6.74. The van der Waals surface area contributed by atoms with Gasteiger partial charge in [-0.05, 0) is 42.7 Å². The van der Waals surface area contributed by atoms with Crippen LogP contribution >= 0.6 is 0 Å². The molecule has 3 heterocycles. The maximum atomic E-state index is 13.2. The molecule has 3 aliphatic heterocycles. The number of carbonyl (C=O) groups excluding carboxylic acids is 1. The first-order valence-corrected chi connectivity index (χ1v) is 13.0. The molecule has 5 rings (SSSR count). The molecule has 2 aromatic carbocycles. The Morgan fingerprint density at radius 1 is 0.970 bits per heavy atom. The molecule has 0 spiro atoms. The number of likely N-dealkylation sites (tertiary alicyclic amines) is 1. The number of sulfonamides is 1. The molecule has 0 aromatic heterocycles. The van der Waals surface area contributed by atoms with E-state index in [2.05, 4.69) is 0 Å². The van der Waals surface area contributed by atoms with Crippen molar-refractivity contribution in [1.82, 2.24) is 9.21 Å². The Balaban J connectivity index is 1.20. The lowest BCUT2D eigenvalue weighted by atomic mass is 10.0. The second kappa shape index (κ2) is 9.32. The minimum Gasteiger partial charge on any atom is -0.486 e. The molecule has 9 heteroatoms. The minimum absolute atomic E-state index is 0.0486. The summed E-state index contributed by atoms with van der Waals surface area (Å²) in [5.74, 6) is 1.63. The summed E-state index contributed by atoms with van der Waals surface area (Å²) < 4.78 is 38.6. The average molecular weight is 473 g/mol. The number of hydrogen-bond acceptors (Lipinski definition) is 5. The molecule has 176 valence electrons. The molecule has 0 aliphatic carbocycles. The van der Waals surface area contributed by atoms with E-state index in [-0.39, 0.29) is 11.9 Å².